The van der Waals surface area contributed by atoms with Gasteiger partial charge in [0.2, 0.25) is 0 Å². The van der Waals surface area contributed by atoms with Gasteiger partial charge in [0.05, 0.1) is 0 Å². The van der Waals surface area contributed by atoms with Crippen LogP contribution in [0.25, 0.3) is 0 Å². The van der Waals surface area contributed by atoms with Crippen molar-refractivity contribution >= 4 is 6.03 Å². The van der Waals surface area contributed by atoms with E-state index in [0.29, 0.717) is 12.0 Å². The summed E-state index contributed by atoms with van der Waals surface area (Å²) in [6.07, 6.45) is 2.30. The van der Waals surface area contributed by atoms with Gasteiger partial charge < -0.3 is 10.6 Å². The number of carbonyl (C=O) groups excluding carboxylic acids is 1. The molecule has 0 radical (unpaired) electrons. The summed E-state index contributed by atoms with van der Waals surface area (Å²) in [6.45, 7) is 4.35. The van der Waals surface area contributed by atoms with Crippen LogP contribution in [-0.4, -0.2) is 19.1 Å². The van der Waals surface area contributed by atoms with Gasteiger partial charge in [0.15, 0.2) is 0 Å². The van der Waals surface area contributed by atoms with Gasteiger partial charge in [-0.2, -0.15) is 0 Å². The zero-order valence-corrected chi connectivity index (χ0v) is 8.05. The molecular formula is C9H18N2O. The molecule has 3 atom stereocenters. The monoisotopic (exact) mass is 170 g/mol. The summed E-state index contributed by atoms with van der Waals surface area (Å²) in [6, 6.07) is 0.320. The Bertz CT molecular complexity index is 170. The SMILES string of the molecule is CCC(NC(=O)NC)C1CC1C. The van der Waals surface area contributed by atoms with Crippen molar-refractivity contribution in [2.45, 2.75) is 32.7 Å². The molecule has 2 amide bonds. The third kappa shape index (κ3) is 2.13. The minimum atomic E-state index is -0.0547. The smallest absolute Gasteiger partial charge is 0.314 e. The second-order valence-electron chi connectivity index (χ2n) is 3.62. The van der Waals surface area contributed by atoms with Gasteiger partial charge in [-0.05, 0) is 24.7 Å². The predicted molar refractivity (Wildman–Crippen MR) is 48.9 cm³/mol. The zero-order valence-electron chi connectivity index (χ0n) is 8.05. The van der Waals surface area contributed by atoms with Gasteiger partial charge in [-0.25, -0.2) is 4.79 Å². The van der Waals surface area contributed by atoms with Gasteiger partial charge in [-0.3, -0.25) is 0 Å². The van der Waals surface area contributed by atoms with Crippen molar-refractivity contribution < 1.29 is 4.79 Å². The van der Waals surface area contributed by atoms with Crippen LogP contribution >= 0.6 is 0 Å². The van der Waals surface area contributed by atoms with Crippen molar-refractivity contribution in [3.8, 4) is 0 Å². The summed E-state index contributed by atoms with van der Waals surface area (Å²) in [4.78, 5) is 11.0. The first-order valence-corrected chi connectivity index (χ1v) is 4.67. The Morgan fingerprint density at radius 1 is 1.67 bits per heavy atom. The molecule has 1 saturated carbocycles. The molecule has 0 aromatic carbocycles. The lowest BCUT2D eigenvalue weighted by atomic mass is 10.1. The van der Waals surface area contributed by atoms with E-state index in [1.807, 2.05) is 0 Å². The molecule has 1 aliphatic carbocycles. The van der Waals surface area contributed by atoms with E-state index < -0.39 is 0 Å². The molecule has 12 heavy (non-hydrogen) atoms. The van der Waals surface area contributed by atoms with Crippen LogP contribution in [0.4, 0.5) is 4.79 Å². The van der Waals surface area contributed by atoms with E-state index in [4.69, 9.17) is 0 Å². The second kappa shape index (κ2) is 3.78. The van der Waals surface area contributed by atoms with Crippen LogP contribution in [0, 0.1) is 11.8 Å². The molecule has 0 spiro atoms. The van der Waals surface area contributed by atoms with E-state index in [0.717, 1.165) is 12.3 Å². The molecule has 0 bridgehead atoms. The Morgan fingerprint density at radius 2 is 2.25 bits per heavy atom. The van der Waals surface area contributed by atoms with Gasteiger partial charge in [0.25, 0.3) is 0 Å². The van der Waals surface area contributed by atoms with Crippen LogP contribution in [0.3, 0.4) is 0 Å². The lowest BCUT2D eigenvalue weighted by Gasteiger charge is -2.15. The van der Waals surface area contributed by atoms with E-state index >= 15 is 0 Å². The fraction of sp³-hybridized carbons (Fsp3) is 0.889. The minimum Gasteiger partial charge on any atom is -0.341 e. The van der Waals surface area contributed by atoms with Gasteiger partial charge in [-0.15, -0.1) is 0 Å². The lowest BCUT2D eigenvalue weighted by molar-refractivity contribution is 0.236. The van der Waals surface area contributed by atoms with E-state index in [2.05, 4.69) is 24.5 Å². The van der Waals surface area contributed by atoms with Gasteiger partial charge in [-0.1, -0.05) is 13.8 Å². The topological polar surface area (TPSA) is 41.1 Å². The van der Waals surface area contributed by atoms with Crippen molar-refractivity contribution in [2.24, 2.45) is 11.8 Å². The molecule has 3 nitrogen and oxygen atoms in total. The Kier molecular flexibility index (Phi) is 2.95. The highest BCUT2D eigenvalue weighted by molar-refractivity contribution is 5.73. The molecule has 3 heteroatoms. The molecule has 1 aliphatic rings. The fourth-order valence-electron chi connectivity index (χ4n) is 1.66. The highest BCUT2D eigenvalue weighted by atomic mass is 16.2. The zero-order chi connectivity index (χ0) is 9.14. The van der Waals surface area contributed by atoms with Crippen LogP contribution in [-0.2, 0) is 0 Å². The summed E-state index contributed by atoms with van der Waals surface area (Å²) >= 11 is 0. The highest BCUT2D eigenvalue weighted by Gasteiger charge is 2.38. The fourth-order valence-corrected chi connectivity index (χ4v) is 1.66. The van der Waals surface area contributed by atoms with Crippen LogP contribution in [0.15, 0.2) is 0 Å². The van der Waals surface area contributed by atoms with E-state index in [-0.39, 0.29) is 6.03 Å². The summed E-state index contributed by atoms with van der Waals surface area (Å²) in [5.74, 6) is 1.51. The molecule has 0 aliphatic heterocycles. The second-order valence-corrected chi connectivity index (χ2v) is 3.62. The molecule has 0 saturated heterocycles. The molecule has 0 aromatic heterocycles. The number of urea groups is 1. The van der Waals surface area contributed by atoms with Gasteiger partial charge in [0.1, 0.15) is 0 Å². The molecule has 1 fully saturated rings. The van der Waals surface area contributed by atoms with Crippen molar-refractivity contribution in [1.29, 1.82) is 0 Å². The number of hydrogen-bond donors (Lipinski definition) is 2. The third-order valence-electron chi connectivity index (χ3n) is 2.67. The van der Waals surface area contributed by atoms with Gasteiger partial charge >= 0.3 is 6.03 Å². The number of amides is 2. The summed E-state index contributed by atoms with van der Waals surface area (Å²) < 4.78 is 0. The van der Waals surface area contributed by atoms with E-state index in [1.165, 1.54) is 6.42 Å². The molecular weight excluding hydrogens is 152 g/mol. The van der Waals surface area contributed by atoms with Gasteiger partial charge in [0, 0.05) is 13.1 Å². The Balaban J connectivity index is 2.31. The number of hydrogen-bond acceptors (Lipinski definition) is 1. The quantitative estimate of drug-likeness (QED) is 0.659. The average Bonchev–Trinajstić information content (AvgIpc) is 2.77. The van der Waals surface area contributed by atoms with Crippen molar-refractivity contribution in [3.63, 3.8) is 0 Å². The van der Waals surface area contributed by atoms with Crippen LogP contribution < -0.4 is 10.6 Å². The van der Waals surface area contributed by atoms with Crippen LogP contribution in [0.5, 0.6) is 0 Å². The third-order valence-corrected chi connectivity index (χ3v) is 2.67. The van der Waals surface area contributed by atoms with E-state index in [9.17, 15) is 4.79 Å². The van der Waals surface area contributed by atoms with Crippen molar-refractivity contribution in [2.75, 3.05) is 7.05 Å². The lowest BCUT2D eigenvalue weighted by Crippen LogP contribution is -2.41. The molecule has 0 aromatic rings. The molecule has 0 heterocycles. The molecule has 2 N–H and O–H groups in total. The summed E-state index contributed by atoms with van der Waals surface area (Å²) in [5, 5.41) is 5.54. The summed E-state index contributed by atoms with van der Waals surface area (Å²) in [5.41, 5.74) is 0. The first kappa shape index (κ1) is 9.36. The maximum atomic E-state index is 11.0. The predicted octanol–water partition coefficient (Wildman–Crippen LogP) is 1.35. The van der Waals surface area contributed by atoms with Crippen LogP contribution in [0.2, 0.25) is 0 Å². The molecule has 3 unspecified atom stereocenters. The Morgan fingerprint density at radius 3 is 2.58 bits per heavy atom. The van der Waals surface area contributed by atoms with Crippen LogP contribution in [0.1, 0.15) is 26.7 Å². The maximum absolute atomic E-state index is 11.0. The average molecular weight is 170 g/mol. The van der Waals surface area contributed by atoms with Crippen molar-refractivity contribution in [1.82, 2.24) is 10.6 Å². The Labute approximate surface area is 73.9 Å². The van der Waals surface area contributed by atoms with E-state index in [1.54, 1.807) is 7.05 Å². The largest absolute Gasteiger partial charge is 0.341 e. The van der Waals surface area contributed by atoms with Crippen molar-refractivity contribution in [3.05, 3.63) is 0 Å². The Hall–Kier alpha value is -0.730. The normalized spacial score (nSPS) is 29.2. The number of rotatable bonds is 3. The minimum absolute atomic E-state index is 0.0547. The standard InChI is InChI=1S/C9H18N2O/c1-4-8(7-5-6(7)2)11-9(12)10-3/h6-8H,4-5H2,1-3H3,(H2,10,11,12). The first-order valence-electron chi connectivity index (χ1n) is 4.67. The molecule has 1 rings (SSSR count). The first-order chi connectivity index (χ1) is 5.69. The summed E-state index contributed by atoms with van der Waals surface area (Å²) in [7, 11) is 1.65. The number of carbonyl (C=O) groups is 1. The molecule has 70 valence electrons. The maximum Gasteiger partial charge on any atom is 0.314 e. The number of nitrogens with one attached hydrogen (secondary N) is 2. The highest BCUT2D eigenvalue weighted by Crippen LogP contribution is 2.41.